The third-order valence-corrected chi connectivity index (χ3v) is 7.19. The van der Waals surface area contributed by atoms with Crippen LogP contribution in [0.25, 0.3) is 0 Å². The summed E-state index contributed by atoms with van der Waals surface area (Å²) in [5.74, 6) is 0.839. The highest BCUT2D eigenvalue weighted by Crippen LogP contribution is 2.49. The number of hydrogen-bond donors (Lipinski definition) is 1. The van der Waals surface area contributed by atoms with E-state index in [1.165, 1.54) is 7.11 Å². The van der Waals surface area contributed by atoms with Crippen molar-refractivity contribution in [3.05, 3.63) is 70.1 Å². The monoisotopic (exact) mass is 537 g/mol. The Hall–Kier alpha value is -3.98. The van der Waals surface area contributed by atoms with Crippen molar-refractivity contribution in [1.82, 2.24) is 5.32 Å². The molecule has 39 heavy (non-hydrogen) atoms. The van der Waals surface area contributed by atoms with Gasteiger partial charge in [0.05, 0.1) is 46.5 Å². The molecule has 2 aromatic rings. The molecular formula is C30H35NO8. The van der Waals surface area contributed by atoms with E-state index >= 15 is 0 Å². The summed E-state index contributed by atoms with van der Waals surface area (Å²) in [5.41, 5.74) is 3.90. The SMILES string of the molecule is COCCOC(=O)C1=C(C)NC2=C(C(=O)C[C@@H](c3ccc(OC)c(OC)c3)C2)[C@H]1c1cccc(OC)c1OC. The molecule has 2 atom stereocenters. The quantitative estimate of drug-likeness (QED) is 0.352. The Morgan fingerprint density at radius 2 is 1.64 bits per heavy atom. The van der Waals surface area contributed by atoms with E-state index in [4.69, 9.17) is 28.4 Å². The van der Waals surface area contributed by atoms with E-state index in [1.807, 2.05) is 37.3 Å². The summed E-state index contributed by atoms with van der Waals surface area (Å²) in [4.78, 5) is 27.4. The minimum Gasteiger partial charge on any atom is -0.493 e. The van der Waals surface area contributed by atoms with Crippen LogP contribution >= 0.6 is 0 Å². The molecule has 9 nitrogen and oxygen atoms in total. The maximum absolute atomic E-state index is 13.9. The van der Waals surface area contributed by atoms with E-state index in [9.17, 15) is 9.59 Å². The Balaban J connectivity index is 1.81. The Kier molecular flexibility index (Phi) is 8.81. The number of methoxy groups -OCH3 is 5. The second-order valence-electron chi connectivity index (χ2n) is 9.34. The molecule has 2 aliphatic rings. The molecule has 0 fully saturated rings. The third-order valence-electron chi connectivity index (χ3n) is 7.19. The molecule has 0 radical (unpaired) electrons. The molecule has 1 N–H and O–H groups in total. The Labute approximate surface area is 228 Å². The molecule has 1 aliphatic carbocycles. The van der Waals surface area contributed by atoms with E-state index in [0.717, 1.165) is 11.3 Å². The van der Waals surface area contributed by atoms with Crippen LogP contribution in [-0.2, 0) is 19.1 Å². The fourth-order valence-electron chi connectivity index (χ4n) is 5.40. The normalized spacial score (nSPS) is 18.8. The van der Waals surface area contributed by atoms with Gasteiger partial charge in [-0.2, -0.15) is 0 Å². The summed E-state index contributed by atoms with van der Waals surface area (Å²) < 4.78 is 32.7. The van der Waals surface area contributed by atoms with Gasteiger partial charge in [0.15, 0.2) is 28.8 Å². The van der Waals surface area contributed by atoms with Gasteiger partial charge in [-0.1, -0.05) is 18.2 Å². The van der Waals surface area contributed by atoms with Crippen LogP contribution in [0.4, 0.5) is 0 Å². The number of benzene rings is 2. The van der Waals surface area contributed by atoms with Crippen molar-refractivity contribution in [3.8, 4) is 23.0 Å². The number of ether oxygens (including phenoxy) is 6. The van der Waals surface area contributed by atoms with Crippen LogP contribution in [0.15, 0.2) is 58.9 Å². The third kappa shape index (κ3) is 5.45. The Morgan fingerprint density at radius 3 is 2.31 bits per heavy atom. The van der Waals surface area contributed by atoms with Gasteiger partial charge in [0, 0.05) is 36.1 Å². The molecule has 4 rings (SSSR count). The predicted molar refractivity (Wildman–Crippen MR) is 145 cm³/mol. The Morgan fingerprint density at radius 1 is 0.897 bits per heavy atom. The number of carbonyl (C=O) groups is 2. The highest BCUT2D eigenvalue weighted by atomic mass is 16.6. The molecule has 0 saturated carbocycles. The van der Waals surface area contributed by atoms with Crippen LogP contribution < -0.4 is 24.3 Å². The molecule has 0 amide bonds. The van der Waals surface area contributed by atoms with Gasteiger partial charge in [0.25, 0.3) is 0 Å². The lowest BCUT2D eigenvalue weighted by atomic mass is 9.71. The number of nitrogens with one attached hydrogen (secondary N) is 1. The van der Waals surface area contributed by atoms with Gasteiger partial charge in [0.1, 0.15) is 6.61 Å². The van der Waals surface area contributed by atoms with Crippen molar-refractivity contribution < 1.29 is 38.0 Å². The predicted octanol–water partition coefficient (Wildman–Crippen LogP) is 4.27. The molecule has 0 spiro atoms. The lowest BCUT2D eigenvalue weighted by Crippen LogP contribution is -2.36. The maximum Gasteiger partial charge on any atom is 0.336 e. The van der Waals surface area contributed by atoms with Gasteiger partial charge >= 0.3 is 5.97 Å². The number of Topliss-reactive ketones (excluding diaryl/α,β-unsaturated/α-hetero) is 1. The highest BCUT2D eigenvalue weighted by Gasteiger charge is 2.43. The summed E-state index contributed by atoms with van der Waals surface area (Å²) in [6.07, 6.45) is 0.840. The molecule has 9 heteroatoms. The van der Waals surface area contributed by atoms with Crippen molar-refractivity contribution in [3.63, 3.8) is 0 Å². The summed E-state index contributed by atoms with van der Waals surface area (Å²) >= 11 is 0. The molecule has 0 bridgehead atoms. The van der Waals surface area contributed by atoms with Gasteiger partial charge in [-0.15, -0.1) is 0 Å². The van der Waals surface area contributed by atoms with Crippen LogP contribution in [0.1, 0.15) is 42.7 Å². The van der Waals surface area contributed by atoms with Crippen LogP contribution in [0, 0.1) is 0 Å². The number of rotatable bonds is 10. The summed E-state index contributed by atoms with van der Waals surface area (Å²) in [7, 11) is 7.81. The number of hydrogen-bond acceptors (Lipinski definition) is 9. The fourth-order valence-corrected chi connectivity index (χ4v) is 5.40. The average molecular weight is 538 g/mol. The smallest absolute Gasteiger partial charge is 0.336 e. The minimum atomic E-state index is -0.694. The second kappa shape index (κ2) is 12.3. The van der Waals surface area contributed by atoms with Gasteiger partial charge in [-0.3, -0.25) is 4.79 Å². The van der Waals surface area contributed by atoms with E-state index in [1.54, 1.807) is 34.5 Å². The van der Waals surface area contributed by atoms with Gasteiger partial charge < -0.3 is 33.7 Å². The van der Waals surface area contributed by atoms with Crippen LogP contribution in [0.3, 0.4) is 0 Å². The average Bonchev–Trinajstić information content (AvgIpc) is 2.95. The molecule has 208 valence electrons. The zero-order chi connectivity index (χ0) is 28.1. The first-order valence-electron chi connectivity index (χ1n) is 12.7. The van der Waals surface area contributed by atoms with Crippen molar-refractivity contribution in [1.29, 1.82) is 0 Å². The van der Waals surface area contributed by atoms with Gasteiger partial charge in [0.2, 0.25) is 0 Å². The van der Waals surface area contributed by atoms with Crippen molar-refractivity contribution in [2.75, 3.05) is 48.8 Å². The van der Waals surface area contributed by atoms with Gasteiger partial charge in [-0.05, 0) is 43.0 Å². The molecule has 0 unspecified atom stereocenters. The second-order valence-corrected chi connectivity index (χ2v) is 9.34. The lowest BCUT2D eigenvalue weighted by Gasteiger charge is -2.37. The maximum atomic E-state index is 13.9. The Bertz CT molecular complexity index is 1310. The topological polar surface area (TPSA) is 102 Å². The fraction of sp³-hybridized carbons (Fsp3) is 0.400. The summed E-state index contributed by atoms with van der Waals surface area (Å²) in [6, 6.07) is 11.2. The van der Waals surface area contributed by atoms with Gasteiger partial charge in [-0.25, -0.2) is 4.79 Å². The van der Waals surface area contributed by atoms with Crippen LogP contribution in [-0.4, -0.2) is 60.5 Å². The van der Waals surface area contributed by atoms with E-state index in [2.05, 4.69) is 5.32 Å². The molecule has 0 saturated heterocycles. The molecule has 1 heterocycles. The number of para-hydroxylation sites is 1. The standard InChI is InChI=1S/C30H35NO8/c1-17-26(30(33)39-13-12-34-2)27(20-8-7-9-24(36-4)29(20)38-6)28-21(31-17)14-19(15-22(28)32)18-10-11-23(35-3)25(16-18)37-5/h7-11,16,19,27,31H,12-15H2,1-6H3/t19-,27-/m0/s1. The minimum absolute atomic E-state index is 0.0619. The first-order valence-corrected chi connectivity index (χ1v) is 12.7. The van der Waals surface area contributed by atoms with Crippen molar-refractivity contribution in [2.24, 2.45) is 0 Å². The summed E-state index contributed by atoms with van der Waals surface area (Å²) in [6.45, 7) is 2.18. The molecule has 2 aromatic carbocycles. The first-order chi connectivity index (χ1) is 18.9. The molecular weight excluding hydrogens is 502 g/mol. The van der Waals surface area contributed by atoms with Crippen molar-refractivity contribution >= 4 is 11.8 Å². The first kappa shape index (κ1) is 28.0. The van der Waals surface area contributed by atoms with E-state index in [-0.39, 0.29) is 31.3 Å². The summed E-state index contributed by atoms with van der Waals surface area (Å²) in [5, 5.41) is 3.37. The van der Waals surface area contributed by atoms with E-state index in [0.29, 0.717) is 51.8 Å². The number of allylic oxidation sites excluding steroid dienone is 3. The largest absolute Gasteiger partial charge is 0.493 e. The van der Waals surface area contributed by atoms with Crippen LogP contribution in [0.2, 0.25) is 0 Å². The number of dihydropyridines is 1. The van der Waals surface area contributed by atoms with Crippen LogP contribution in [0.5, 0.6) is 23.0 Å². The molecule has 0 aromatic heterocycles. The lowest BCUT2D eigenvalue weighted by molar-refractivity contribution is -0.140. The zero-order valence-electron chi connectivity index (χ0n) is 23.2. The van der Waals surface area contributed by atoms with E-state index < -0.39 is 11.9 Å². The van der Waals surface area contributed by atoms with Crippen molar-refractivity contribution in [2.45, 2.75) is 31.6 Å². The number of carbonyl (C=O) groups excluding carboxylic acids is 2. The number of ketones is 1. The number of esters is 1. The zero-order valence-corrected chi connectivity index (χ0v) is 23.2. The molecule has 1 aliphatic heterocycles. The highest BCUT2D eigenvalue weighted by molar-refractivity contribution is 6.04.